The third kappa shape index (κ3) is 3.86. The molecular formula is C21H20N6O3S. The fourth-order valence-corrected chi connectivity index (χ4v) is 4.01. The minimum Gasteiger partial charge on any atom is -0.399 e. The van der Waals surface area contributed by atoms with Gasteiger partial charge >= 0.3 is 0 Å². The number of rotatable bonds is 5. The maximum absolute atomic E-state index is 12.6. The Hall–Kier alpha value is -3.76. The Morgan fingerprint density at radius 2 is 1.71 bits per heavy atom. The van der Waals surface area contributed by atoms with E-state index in [0.717, 1.165) is 4.31 Å². The number of nitrogens with two attached hydrogens (primary N) is 1. The fraction of sp³-hybridized carbons (Fsp3) is 0.0952. The lowest BCUT2D eigenvalue weighted by molar-refractivity contribution is 0.520. The standard InChI is InChI=1S/C21H20N6O3S/c1-25(2)31(29,30)18-8-4-6-16(14-18)26-12-10-20(28)21(24-26)19-9-11-23-27(19)17-7-3-5-15(22)13-17/h3-14H,22H2,1-2H3. The third-order valence-electron chi connectivity index (χ3n) is 4.67. The molecule has 2 N–H and O–H groups in total. The van der Waals surface area contributed by atoms with Crippen molar-refractivity contribution in [2.24, 2.45) is 0 Å². The molecule has 2 aromatic carbocycles. The molecule has 0 atom stereocenters. The van der Waals surface area contributed by atoms with E-state index in [2.05, 4.69) is 10.2 Å². The van der Waals surface area contributed by atoms with Crippen molar-refractivity contribution < 1.29 is 8.42 Å². The molecule has 0 amide bonds. The van der Waals surface area contributed by atoms with Crippen LogP contribution in [-0.2, 0) is 10.0 Å². The summed E-state index contributed by atoms with van der Waals surface area (Å²) in [6, 6.07) is 16.5. The molecule has 2 heterocycles. The van der Waals surface area contributed by atoms with Crippen molar-refractivity contribution in [1.29, 1.82) is 0 Å². The average Bonchev–Trinajstić information content (AvgIpc) is 3.24. The molecule has 0 saturated heterocycles. The van der Waals surface area contributed by atoms with E-state index in [1.165, 1.54) is 43.2 Å². The molecule has 0 aliphatic rings. The van der Waals surface area contributed by atoms with Gasteiger partial charge in [-0.2, -0.15) is 10.2 Å². The minimum absolute atomic E-state index is 0.127. The van der Waals surface area contributed by atoms with Gasteiger partial charge in [-0.25, -0.2) is 22.1 Å². The van der Waals surface area contributed by atoms with Crippen molar-refractivity contribution in [2.45, 2.75) is 4.90 Å². The van der Waals surface area contributed by atoms with E-state index in [9.17, 15) is 13.2 Å². The van der Waals surface area contributed by atoms with E-state index >= 15 is 0 Å². The van der Waals surface area contributed by atoms with E-state index in [-0.39, 0.29) is 16.0 Å². The second kappa shape index (κ2) is 7.82. The summed E-state index contributed by atoms with van der Waals surface area (Å²) in [5.41, 5.74) is 8.00. The molecule has 0 fully saturated rings. The van der Waals surface area contributed by atoms with Crippen LogP contribution >= 0.6 is 0 Å². The summed E-state index contributed by atoms with van der Waals surface area (Å²) in [7, 11) is -0.676. The number of aromatic nitrogens is 4. The van der Waals surface area contributed by atoms with Gasteiger partial charge in [-0.1, -0.05) is 12.1 Å². The number of nitrogens with zero attached hydrogens (tertiary/aromatic N) is 5. The molecule has 10 heteroatoms. The number of hydrogen-bond donors (Lipinski definition) is 1. The summed E-state index contributed by atoms with van der Waals surface area (Å²) >= 11 is 0. The predicted molar refractivity (Wildman–Crippen MR) is 118 cm³/mol. The van der Waals surface area contributed by atoms with Crippen LogP contribution in [0.15, 0.2) is 82.7 Å². The summed E-state index contributed by atoms with van der Waals surface area (Å²) in [6.45, 7) is 0. The number of nitrogen functional groups attached to an aromatic ring is 1. The Bertz CT molecular complexity index is 1420. The summed E-state index contributed by atoms with van der Waals surface area (Å²) in [5.74, 6) is 0. The molecule has 31 heavy (non-hydrogen) atoms. The first-order valence-corrected chi connectivity index (χ1v) is 10.7. The number of hydrogen-bond acceptors (Lipinski definition) is 6. The SMILES string of the molecule is CN(C)S(=O)(=O)c1cccc(-n2ccc(=O)c(-c3ccnn3-c3cccc(N)c3)n2)c1. The van der Waals surface area contributed by atoms with Gasteiger partial charge in [0.05, 0.1) is 28.2 Å². The van der Waals surface area contributed by atoms with Gasteiger partial charge in [-0.05, 0) is 42.5 Å². The zero-order valence-corrected chi connectivity index (χ0v) is 17.7. The molecule has 0 aliphatic carbocycles. The van der Waals surface area contributed by atoms with Gasteiger partial charge in [0.15, 0.2) is 5.69 Å². The van der Waals surface area contributed by atoms with Crippen LogP contribution in [0.1, 0.15) is 0 Å². The highest BCUT2D eigenvalue weighted by atomic mass is 32.2. The fourth-order valence-electron chi connectivity index (χ4n) is 3.07. The van der Waals surface area contributed by atoms with Gasteiger partial charge in [0.2, 0.25) is 15.5 Å². The molecule has 0 saturated carbocycles. The minimum atomic E-state index is -3.61. The van der Waals surface area contributed by atoms with Crippen molar-refractivity contribution in [1.82, 2.24) is 23.9 Å². The topological polar surface area (TPSA) is 116 Å². The Labute approximate surface area is 179 Å². The molecule has 0 aliphatic heterocycles. The quantitative estimate of drug-likeness (QED) is 0.478. The van der Waals surface area contributed by atoms with Crippen molar-refractivity contribution in [3.05, 3.63) is 83.3 Å². The Kier molecular flexibility index (Phi) is 5.17. The number of anilines is 1. The maximum Gasteiger partial charge on any atom is 0.242 e. The smallest absolute Gasteiger partial charge is 0.242 e. The number of benzene rings is 2. The summed E-state index contributed by atoms with van der Waals surface area (Å²) in [6.07, 6.45) is 3.07. The van der Waals surface area contributed by atoms with Gasteiger partial charge in [-0.3, -0.25) is 4.79 Å². The van der Waals surface area contributed by atoms with Crippen LogP contribution in [0.3, 0.4) is 0 Å². The van der Waals surface area contributed by atoms with Crippen molar-refractivity contribution in [3.63, 3.8) is 0 Å². The second-order valence-corrected chi connectivity index (χ2v) is 9.13. The van der Waals surface area contributed by atoms with Crippen LogP contribution in [0.4, 0.5) is 5.69 Å². The highest BCUT2D eigenvalue weighted by Gasteiger charge is 2.18. The molecule has 4 rings (SSSR count). The predicted octanol–water partition coefficient (Wildman–Crippen LogP) is 1.92. The third-order valence-corrected chi connectivity index (χ3v) is 6.48. The lowest BCUT2D eigenvalue weighted by Gasteiger charge is -2.13. The van der Waals surface area contributed by atoms with Crippen LogP contribution < -0.4 is 11.2 Å². The largest absolute Gasteiger partial charge is 0.399 e. The van der Waals surface area contributed by atoms with Crippen LogP contribution in [0.25, 0.3) is 22.8 Å². The first-order chi connectivity index (χ1) is 14.8. The highest BCUT2D eigenvalue weighted by molar-refractivity contribution is 7.89. The summed E-state index contributed by atoms with van der Waals surface area (Å²) in [4.78, 5) is 12.7. The second-order valence-electron chi connectivity index (χ2n) is 6.98. The Morgan fingerprint density at radius 3 is 2.45 bits per heavy atom. The van der Waals surface area contributed by atoms with E-state index in [4.69, 9.17) is 5.73 Å². The first-order valence-electron chi connectivity index (χ1n) is 9.30. The maximum atomic E-state index is 12.6. The van der Waals surface area contributed by atoms with Crippen molar-refractivity contribution >= 4 is 15.7 Å². The summed E-state index contributed by atoms with van der Waals surface area (Å²) in [5, 5.41) is 8.77. The first kappa shape index (κ1) is 20.5. The van der Waals surface area contributed by atoms with Gasteiger partial charge in [0, 0.05) is 32.0 Å². The Morgan fingerprint density at radius 1 is 0.968 bits per heavy atom. The lowest BCUT2D eigenvalue weighted by Crippen LogP contribution is -2.22. The molecule has 0 bridgehead atoms. The monoisotopic (exact) mass is 436 g/mol. The van der Waals surface area contributed by atoms with Gasteiger partial charge in [0.25, 0.3) is 0 Å². The highest BCUT2D eigenvalue weighted by Crippen LogP contribution is 2.21. The van der Waals surface area contributed by atoms with Crippen molar-refractivity contribution in [3.8, 4) is 22.8 Å². The normalized spacial score (nSPS) is 11.7. The molecule has 0 radical (unpaired) electrons. The molecule has 4 aromatic rings. The van der Waals surface area contributed by atoms with Crippen LogP contribution in [0.5, 0.6) is 0 Å². The Balaban J connectivity index is 1.83. The molecule has 0 unspecified atom stereocenters. The van der Waals surface area contributed by atoms with E-state index in [0.29, 0.717) is 22.8 Å². The molecule has 158 valence electrons. The van der Waals surface area contributed by atoms with Crippen LogP contribution in [0.2, 0.25) is 0 Å². The van der Waals surface area contributed by atoms with Gasteiger partial charge in [-0.15, -0.1) is 0 Å². The number of sulfonamides is 1. The molecule has 2 aromatic heterocycles. The molecular weight excluding hydrogens is 416 g/mol. The van der Waals surface area contributed by atoms with Crippen LogP contribution in [-0.4, -0.2) is 46.4 Å². The molecule has 9 nitrogen and oxygen atoms in total. The average molecular weight is 436 g/mol. The van der Waals surface area contributed by atoms with E-state index in [1.807, 2.05) is 6.07 Å². The van der Waals surface area contributed by atoms with Crippen LogP contribution in [0, 0.1) is 0 Å². The molecule has 0 spiro atoms. The lowest BCUT2D eigenvalue weighted by atomic mass is 10.2. The van der Waals surface area contributed by atoms with E-state index in [1.54, 1.807) is 47.3 Å². The zero-order valence-electron chi connectivity index (χ0n) is 16.9. The van der Waals surface area contributed by atoms with Gasteiger partial charge < -0.3 is 5.73 Å². The van der Waals surface area contributed by atoms with Crippen molar-refractivity contribution in [2.75, 3.05) is 19.8 Å². The summed E-state index contributed by atoms with van der Waals surface area (Å²) < 4.78 is 29.1. The zero-order chi connectivity index (χ0) is 22.2. The van der Waals surface area contributed by atoms with Gasteiger partial charge in [0.1, 0.15) is 0 Å². The van der Waals surface area contributed by atoms with E-state index < -0.39 is 10.0 Å².